The van der Waals surface area contributed by atoms with Crippen LogP contribution in [0.1, 0.15) is 17.3 Å². The van der Waals surface area contributed by atoms with E-state index in [-0.39, 0.29) is 5.78 Å². The standard InChI is InChI=1S/C21H20OP/c1-17(22)20-15-9-10-16-21(20)23(2,18-11-5-3-6-12-18)19-13-7-4-8-14-19/h3-16H,1-2H3/q+1. The van der Waals surface area contributed by atoms with Gasteiger partial charge in [0.2, 0.25) is 0 Å². The fraction of sp³-hybridized carbons (Fsp3) is 0.0952. The molecule has 0 bridgehead atoms. The molecule has 0 spiro atoms. The van der Waals surface area contributed by atoms with Crippen molar-refractivity contribution in [3.05, 3.63) is 90.5 Å². The Balaban J connectivity index is 2.33. The van der Waals surface area contributed by atoms with E-state index in [2.05, 4.69) is 61.3 Å². The summed E-state index contributed by atoms with van der Waals surface area (Å²) in [6, 6.07) is 29.1. The van der Waals surface area contributed by atoms with Gasteiger partial charge in [0.25, 0.3) is 0 Å². The second kappa shape index (κ2) is 6.48. The van der Waals surface area contributed by atoms with E-state index in [4.69, 9.17) is 0 Å². The molecule has 0 aliphatic rings. The van der Waals surface area contributed by atoms with E-state index >= 15 is 0 Å². The zero-order valence-corrected chi connectivity index (χ0v) is 14.3. The maximum absolute atomic E-state index is 12.2. The summed E-state index contributed by atoms with van der Waals surface area (Å²) < 4.78 is 0. The number of carbonyl (C=O) groups excluding carboxylic acids is 1. The summed E-state index contributed by atoms with van der Waals surface area (Å²) in [7, 11) is -1.84. The van der Waals surface area contributed by atoms with Gasteiger partial charge in [-0.2, -0.15) is 0 Å². The van der Waals surface area contributed by atoms with Gasteiger partial charge in [-0.05, 0) is 43.3 Å². The van der Waals surface area contributed by atoms with Gasteiger partial charge in [0.05, 0.1) is 12.2 Å². The van der Waals surface area contributed by atoms with Crippen LogP contribution >= 0.6 is 7.26 Å². The van der Waals surface area contributed by atoms with Crippen LogP contribution in [-0.4, -0.2) is 12.4 Å². The lowest BCUT2D eigenvalue weighted by Gasteiger charge is -2.24. The van der Waals surface area contributed by atoms with Gasteiger partial charge in [-0.25, -0.2) is 0 Å². The molecule has 114 valence electrons. The summed E-state index contributed by atoms with van der Waals surface area (Å²) in [5.41, 5.74) is 0.830. The van der Waals surface area contributed by atoms with Crippen LogP contribution in [0.4, 0.5) is 0 Å². The van der Waals surface area contributed by atoms with Gasteiger partial charge in [0.1, 0.15) is 23.2 Å². The molecule has 0 saturated carbocycles. The third kappa shape index (κ3) is 2.85. The van der Waals surface area contributed by atoms with Crippen LogP contribution in [0.5, 0.6) is 0 Å². The van der Waals surface area contributed by atoms with Gasteiger partial charge in [-0.1, -0.05) is 48.5 Å². The highest BCUT2D eigenvalue weighted by Crippen LogP contribution is 2.52. The largest absolute Gasteiger partial charge is 0.294 e. The highest BCUT2D eigenvalue weighted by Gasteiger charge is 2.42. The molecule has 3 aromatic rings. The highest BCUT2D eigenvalue weighted by atomic mass is 31.2. The average molecular weight is 319 g/mol. The SMILES string of the molecule is CC(=O)c1ccccc1[P+](C)(c1ccccc1)c1ccccc1. The minimum absolute atomic E-state index is 0.124. The maximum atomic E-state index is 12.2. The lowest BCUT2D eigenvalue weighted by Crippen LogP contribution is -2.33. The van der Waals surface area contributed by atoms with Crippen LogP contribution in [0.3, 0.4) is 0 Å². The molecular formula is C21H20OP+. The van der Waals surface area contributed by atoms with Crippen molar-refractivity contribution < 1.29 is 4.79 Å². The second-order valence-electron chi connectivity index (χ2n) is 5.75. The van der Waals surface area contributed by atoms with Gasteiger partial charge in [0, 0.05) is 0 Å². The Hall–Kier alpha value is -2.24. The number of hydrogen-bond acceptors (Lipinski definition) is 1. The van der Waals surface area contributed by atoms with Crippen molar-refractivity contribution in [1.29, 1.82) is 0 Å². The summed E-state index contributed by atoms with van der Waals surface area (Å²) in [6.07, 6.45) is 0. The first-order chi connectivity index (χ1) is 11.1. The van der Waals surface area contributed by atoms with E-state index in [1.165, 1.54) is 10.6 Å². The van der Waals surface area contributed by atoms with Crippen molar-refractivity contribution in [3.63, 3.8) is 0 Å². The Morgan fingerprint density at radius 3 is 1.61 bits per heavy atom. The van der Waals surface area contributed by atoms with Crippen LogP contribution in [-0.2, 0) is 0 Å². The van der Waals surface area contributed by atoms with Crippen LogP contribution in [0, 0.1) is 0 Å². The molecule has 0 atom stereocenters. The predicted octanol–water partition coefficient (Wildman–Crippen LogP) is 3.81. The Labute approximate surface area is 138 Å². The number of rotatable bonds is 4. The molecule has 0 radical (unpaired) electrons. The third-order valence-corrected chi connectivity index (χ3v) is 8.33. The van der Waals surface area contributed by atoms with Crippen molar-refractivity contribution in [1.82, 2.24) is 0 Å². The lowest BCUT2D eigenvalue weighted by molar-refractivity contribution is 0.101. The molecule has 2 heteroatoms. The van der Waals surface area contributed by atoms with Crippen LogP contribution in [0.2, 0.25) is 0 Å². The minimum atomic E-state index is -1.84. The van der Waals surface area contributed by atoms with Crippen LogP contribution in [0.15, 0.2) is 84.9 Å². The van der Waals surface area contributed by atoms with Crippen molar-refractivity contribution >= 4 is 29.0 Å². The molecule has 0 aliphatic carbocycles. The van der Waals surface area contributed by atoms with Crippen molar-refractivity contribution in [3.8, 4) is 0 Å². The molecule has 0 aliphatic heterocycles. The molecule has 23 heavy (non-hydrogen) atoms. The lowest BCUT2D eigenvalue weighted by atomic mass is 10.1. The number of Topliss-reactive ketones (excluding diaryl/α,β-unsaturated/α-hetero) is 1. The molecule has 0 saturated heterocycles. The third-order valence-electron chi connectivity index (χ3n) is 4.31. The van der Waals surface area contributed by atoms with Gasteiger partial charge >= 0.3 is 0 Å². The Bertz CT molecular complexity index is 770. The summed E-state index contributed by atoms with van der Waals surface area (Å²) in [5, 5.41) is 3.74. The fourth-order valence-corrected chi connectivity index (χ4v) is 6.53. The Morgan fingerprint density at radius 2 is 1.13 bits per heavy atom. The van der Waals surface area contributed by atoms with E-state index in [1.54, 1.807) is 6.92 Å². The number of carbonyl (C=O) groups is 1. The molecule has 0 aromatic heterocycles. The quantitative estimate of drug-likeness (QED) is 0.528. The van der Waals surface area contributed by atoms with Gasteiger partial charge < -0.3 is 0 Å². The molecular weight excluding hydrogens is 299 g/mol. The van der Waals surface area contributed by atoms with Crippen LogP contribution < -0.4 is 15.9 Å². The fourth-order valence-electron chi connectivity index (χ4n) is 3.04. The molecule has 0 heterocycles. The van der Waals surface area contributed by atoms with Gasteiger partial charge in [-0.3, -0.25) is 4.79 Å². The Kier molecular flexibility index (Phi) is 4.41. The zero-order valence-electron chi connectivity index (χ0n) is 13.4. The smallest absolute Gasteiger partial charge is 0.163 e. The summed E-state index contributed by atoms with van der Waals surface area (Å²) in [4.78, 5) is 12.2. The monoisotopic (exact) mass is 319 g/mol. The van der Waals surface area contributed by atoms with Crippen LogP contribution in [0.25, 0.3) is 0 Å². The highest BCUT2D eigenvalue weighted by molar-refractivity contribution is 7.95. The van der Waals surface area contributed by atoms with Gasteiger partial charge in [0.15, 0.2) is 5.78 Å². The summed E-state index contributed by atoms with van der Waals surface area (Å²) in [5.74, 6) is 0.124. The van der Waals surface area contributed by atoms with Gasteiger partial charge in [-0.15, -0.1) is 0 Å². The van der Waals surface area contributed by atoms with E-state index in [0.717, 1.165) is 10.9 Å². The first-order valence-corrected chi connectivity index (χ1v) is 9.96. The van der Waals surface area contributed by atoms with E-state index < -0.39 is 7.26 Å². The minimum Gasteiger partial charge on any atom is -0.294 e. The molecule has 0 fully saturated rings. The maximum Gasteiger partial charge on any atom is 0.163 e. The van der Waals surface area contributed by atoms with E-state index in [0.29, 0.717) is 0 Å². The van der Waals surface area contributed by atoms with Crippen molar-refractivity contribution in [2.24, 2.45) is 0 Å². The first kappa shape index (κ1) is 15.6. The Morgan fingerprint density at radius 1 is 0.696 bits per heavy atom. The number of benzene rings is 3. The molecule has 0 amide bonds. The average Bonchev–Trinajstić information content (AvgIpc) is 2.62. The number of hydrogen-bond donors (Lipinski definition) is 0. The van der Waals surface area contributed by atoms with E-state index in [1.807, 2.05) is 30.3 Å². The normalized spacial score (nSPS) is 11.2. The topological polar surface area (TPSA) is 17.1 Å². The molecule has 1 nitrogen and oxygen atoms in total. The summed E-state index contributed by atoms with van der Waals surface area (Å²) >= 11 is 0. The molecule has 0 unspecified atom stereocenters. The van der Waals surface area contributed by atoms with E-state index in [9.17, 15) is 4.79 Å². The molecule has 0 N–H and O–H groups in total. The summed E-state index contributed by atoms with van der Waals surface area (Å²) in [6.45, 7) is 3.96. The first-order valence-electron chi connectivity index (χ1n) is 7.72. The second-order valence-corrected chi connectivity index (χ2v) is 9.28. The van der Waals surface area contributed by atoms with Crippen molar-refractivity contribution in [2.75, 3.05) is 6.66 Å². The predicted molar refractivity (Wildman–Crippen MR) is 101 cm³/mol. The molecule has 3 rings (SSSR count). The van der Waals surface area contributed by atoms with Crippen molar-refractivity contribution in [2.45, 2.75) is 6.92 Å². The molecule has 3 aromatic carbocycles. The number of ketones is 1. The zero-order chi connectivity index (χ0) is 16.3.